The molecule has 0 spiro atoms. The number of hydrogen-bond donors (Lipinski definition) is 0. The molecule has 1 atom stereocenters. The van der Waals surface area contributed by atoms with Crippen molar-refractivity contribution in [2.75, 3.05) is 18.0 Å². The SMILES string of the molecule is CCc1nnc(N2CCC(Oc3cccc(F)c3)C2)n1CC1CC1. The smallest absolute Gasteiger partial charge is 0.227 e. The van der Waals surface area contributed by atoms with Gasteiger partial charge < -0.3 is 9.64 Å². The molecule has 6 heteroatoms. The van der Waals surface area contributed by atoms with Crippen molar-refractivity contribution < 1.29 is 9.13 Å². The Kier molecular flexibility index (Phi) is 4.12. The van der Waals surface area contributed by atoms with Gasteiger partial charge in [-0.05, 0) is 30.9 Å². The molecule has 0 bridgehead atoms. The molecule has 2 aliphatic rings. The number of benzene rings is 1. The van der Waals surface area contributed by atoms with Crippen molar-refractivity contribution in [1.29, 1.82) is 0 Å². The first-order valence-corrected chi connectivity index (χ1v) is 8.82. The van der Waals surface area contributed by atoms with E-state index in [-0.39, 0.29) is 11.9 Å². The van der Waals surface area contributed by atoms with Gasteiger partial charge in [0, 0.05) is 32.0 Å². The minimum atomic E-state index is -0.265. The third-order valence-corrected chi connectivity index (χ3v) is 4.79. The fraction of sp³-hybridized carbons (Fsp3) is 0.556. The molecule has 1 aliphatic heterocycles. The number of aryl methyl sites for hydroxylation is 1. The number of halogens is 1. The predicted molar refractivity (Wildman–Crippen MR) is 89.8 cm³/mol. The maximum atomic E-state index is 13.3. The van der Waals surface area contributed by atoms with Gasteiger partial charge >= 0.3 is 0 Å². The minimum Gasteiger partial charge on any atom is -0.488 e. The minimum absolute atomic E-state index is 0.0583. The summed E-state index contributed by atoms with van der Waals surface area (Å²) in [5.74, 6) is 3.14. The zero-order chi connectivity index (χ0) is 16.5. The highest BCUT2D eigenvalue weighted by Crippen LogP contribution is 2.33. The predicted octanol–water partition coefficient (Wildman–Crippen LogP) is 3.05. The van der Waals surface area contributed by atoms with Crippen molar-refractivity contribution in [2.45, 2.75) is 45.3 Å². The second-order valence-corrected chi connectivity index (χ2v) is 6.76. The summed E-state index contributed by atoms with van der Waals surface area (Å²) in [6.45, 7) is 4.81. The van der Waals surface area contributed by atoms with Crippen LogP contribution in [0.3, 0.4) is 0 Å². The van der Waals surface area contributed by atoms with Gasteiger partial charge in [-0.3, -0.25) is 4.57 Å². The van der Waals surface area contributed by atoms with Crippen molar-refractivity contribution >= 4 is 5.95 Å². The lowest BCUT2D eigenvalue weighted by molar-refractivity contribution is 0.224. The number of ether oxygens (including phenoxy) is 1. The average Bonchev–Trinajstić information content (AvgIpc) is 3.12. The fourth-order valence-corrected chi connectivity index (χ4v) is 3.31. The van der Waals surface area contributed by atoms with E-state index in [0.717, 1.165) is 50.2 Å². The molecule has 5 nitrogen and oxygen atoms in total. The van der Waals surface area contributed by atoms with Crippen molar-refractivity contribution in [3.8, 4) is 5.75 Å². The van der Waals surface area contributed by atoms with Crippen LogP contribution in [-0.2, 0) is 13.0 Å². The van der Waals surface area contributed by atoms with E-state index in [1.54, 1.807) is 12.1 Å². The lowest BCUT2D eigenvalue weighted by Gasteiger charge is -2.19. The van der Waals surface area contributed by atoms with E-state index >= 15 is 0 Å². The van der Waals surface area contributed by atoms with Crippen LogP contribution in [0.15, 0.2) is 24.3 Å². The highest BCUT2D eigenvalue weighted by Gasteiger charge is 2.30. The summed E-state index contributed by atoms with van der Waals surface area (Å²) >= 11 is 0. The Labute approximate surface area is 141 Å². The Balaban J connectivity index is 1.45. The first-order valence-electron chi connectivity index (χ1n) is 8.82. The molecule has 128 valence electrons. The van der Waals surface area contributed by atoms with Gasteiger partial charge in [0.05, 0.1) is 6.54 Å². The molecule has 1 saturated carbocycles. The molecule has 24 heavy (non-hydrogen) atoms. The molecule has 1 aliphatic carbocycles. The van der Waals surface area contributed by atoms with Crippen LogP contribution in [-0.4, -0.2) is 34.0 Å². The van der Waals surface area contributed by atoms with E-state index in [9.17, 15) is 4.39 Å². The van der Waals surface area contributed by atoms with Crippen molar-refractivity contribution in [2.24, 2.45) is 5.92 Å². The van der Waals surface area contributed by atoms with E-state index < -0.39 is 0 Å². The van der Waals surface area contributed by atoms with E-state index in [1.165, 1.54) is 25.0 Å². The van der Waals surface area contributed by atoms with Gasteiger partial charge in [-0.15, -0.1) is 10.2 Å². The van der Waals surface area contributed by atoms with Crippen LogP contribution in [0.4, 0.5) is 10.3 Å². The zero-order valence-electron chi connectivity index (χ0n) is 14.0. The van der Waals surface area contributed by atoms with Gasteiger partial charge in [0.2, 0.25) is 5.95 Å². The summed E-state index contributed by atoms with van der Waals surface area (Å²) in [5.41, 5.74) is 0. The normalized spacial score (nSPS) is 20.6. The van der Waals surface area contributed by atoms with Crippen LogP contribution >= 0.6 is 0 Å². The van der Waals surface area contributed by atoms with Gasteiger partial charge in [-0.25, -0.2) is 4.39 Å². The monoisotopic (exact) mass is 330 g/mol. The maximum absolute atomic E-state index is 13.3. The molecule has 0 amide bonds. The van der Waals surface area contributed by atoms with E-state index in [4.69, 9.17) is 4.74 Å². The number of nitrogens with zero attached hydrogens (tertiary/aromatic N) is 4. The van der Waals surface area contributed by atoms with Crippen LogP contribution < -0.4 is 9.64 Å². The van der Waals surface area contributed by atoms with Crippen LogP contribution in [0.5, 0.6) is 5.75 Å². The molecule has 2 aromatic rings. The van der Waals surface area contributed by atoms with Gasteiger partial charge in [0.15, 0.2) is 0 Å². The van der Waals surface area contributed by atoms with Gasteiger partial charge in [0.25, 0.3) is 0 Å². The molecule has 4 rings (SSSR count). The average molecular weight is 330 g/mol. The molecule has 2 heterocycles. The van der Waals surface area contributed by atoms with Crippen LogP contribution in [0, 0.1) is 11.7 Å². The van der Waals surface area contributed by atoms with Gasteiger partial charge in [-0.2, -0.15) is 0 Å². The van der Waals surface area contributed by atoms with Crippen LogP contribution in [0.25, 0.3) is 0 Å². The number of rotatable bonds is 6. The molecule has 1 unspecified atom stereocenters. The largest absolute Gasteiger partial charge is 0.488 e. The number of aromatic nitrogens is 3. The third kappa shape index (κ3) is 3.23. The summed E-state index contributed by atoms with van der Waals surface area (Å²) < 4.78 is 21.5. The van der Waals surface area contributed by atoms with Crippen molar-refractivity contribution in [3.63, 3.8) is 0 Å². The lowest BCUT2D eigenvalue weighted by atomic mass is 10.3. The summed E-state index contributed by atoms with van der Waals surface area (Å²) in [6, 6.07) is 6.35. The standard InChI is InChI=1S/C18H23FN4O/c1-2-17-20-21-18(23(17)11-13-6-7-13)22-9-8-16(12-22)24-15-5-3-4-14(19)10-15/h3-5,10,13,16H,2,6-9,11-12H2,1H3. The summed E-state index contributed by atoms with van der Waals surface area (Å²) in [6.07, 6.45) is 4.49. The summed E-state index contributed by atoms with van der Waals surface area (Å²) in [4.78, 5) is 2.25. The molecule has 1 saturated heterocycles. The quantitative estimate of drug-likeness (QED) is 0.816. The highest BCUT2D eigenvalue weighted by atomic mass is 19.1. The number of hydrogen-bond acceptors (Lipinski definition) is 4. The Morgan fingerprint density at radius 3 is 2.88 bits per heavy atom. The van der Waals surface area contributed by atoms with Crippen molar-refractivity contribution in [1.82, 2.24) is 14.8 Å². The summed E-state index contributed by atoms with van der Waals surface area (Å²) in [5, 5.41) is 8.79. The molecule has 1 aromatic carbocycles. The van der Waals surface area contributed by atoms with Crippen LogP contribution in [0.2, 0.25) is 0 Å². The maximum Gasteiger partial charge on any atom is 0.227 e. The second kappa shape index (κ2) is 6.42. The molecule has 2 fully saturated rings. The molecule has 0 N–H and O–H groups in total. The topological polar surface area (TPSA) is 43.2 Å². The second-order valence-electron chi connectivity index (χ2n) is 6.76. The number of anilines is 1. The Hall–Kier alpha value is -2.11. The van der Waals surface area contributed by atoms with Gasteiger partial charge in [0.1, 0.15) is 23.5 Å². The lowest BCUT2D eigenvalue weighted by Crippen LogP contribution is -2.27. The van der Waals surface area contributed by atoms with E-state index in [2.05, 4.69) is 26.6 Å². The Bertz CT molecular complexity index is 713. The molecule has 0 radical (unpaired) electrons. The van der Waals surface area contributed by atoms with E-state index in [1.807, 2.05) is 0 Å². The van der Waals surface area contributed by atoms with E-state index in [0.29, 0.717) is 5.75 Å². The first-order chi connectivity index (χ1) is 11.7. The molecule has 1 aromatic heterocycles. The fourth-order valence-electron chi connectivity index (χ4n) is 3.31. The third-order valence-electron chi connectivity index (χ3n) is 4.79. The summed E-state index contributed by atoms with van der Waals surface area (Å²) in [7, 11) is 0. The zero-order valence-corrected chi connectivity index (χ0v) is 14.0. The van der Waals surface area contributed by atoms with Crippen molar-refractivity contribution in [3.05, 3.63) is 35.9 Å². The van der Waals surface area contributed by atoms with Gasteiger partial charge in [-0.1, -0.05) is 13.0 Å². The molecular formula is C18H23FN4O. The molecular weight excluding hydrogens is 307 g/mol. The Morgan fingerprint density at radius 2 is 2.12 bits per heavy atom. The Morgan fingerprint density at radius 1 is 1.25 bits per heavy atom. The van der Waals surface area contributed by atoms with Crippen LogP contribution in [0.1, 0.15) is 32.0 Å². The first kappa shape index (κ1) is 15.4. The highest BCUT2D eigenvalue weighted by molar-refractivity contribution is 5.34.